The third-order valence-corrected chi connectivity index (χ3v) is 17.2. The maximum atomic E-state index is 14.6. The Morgan fingerprint density at radius 2 is 0.850 bits per heavy atom. The first-order valence-corrected chi connectivity index (χ1v) is 20.0. The first-order chi connectivity index (χ1) is 18.7. The van der Waals surface area contributed by atoms with Crippen molar-refractivity contribution in [2.24, 2.45) is 0 Å². The number of hydrogen-bond donors (Lipinski definition) is 0. The summed E-state index contributed by atoms with van der Waals surface area (Å²) in [6.07, 6.45) is 6.69. The Kier molecular flexibility index (Phi) is 19.2. The Bertz CT molecular complexity index is 737. The van der Waals surface area contributed by atoms with Crippen LogP contribution in [0.3, 0.4) is 0 Å². The van der Waals surface area contributed by atoms with Crippen LogP contribution in [0.4, 0.5) is 26.3 Å². The van der Waals surface area contributed by atoms with Gasteiger partial charge in [0, 0.05) is 0 Å². The first kappa shape index (κ1) is 39.9. The molecule has 0 aliphatic carbocycles. The van der Waals surface area contributed by atoms with E-state index in [1.54, 1.807) is 0 Å². The summed E-state index contributed by atoms with van der Waals surface area (Å²) in [6, 6.07) is 0. The van der Waals surface area contributed by atoms with E-state index in [-0.39, 0.29) is 24.6 Å². The summed E-state index contributed by atoms with van der Waals surface area (Å²) < 4.78 is 113. The second-order valence-corrected chi connectivity index (χ2v) is 19.3. The minimum absolute atomic E-state index is 0.248. The van der Waals surface area contributed by atoms with E-state index in [1.807, 2.05) is 20.8 Å². The molecular weight excluding hydrogens is 573 g/mol. The standard InChI is InChI=1S/C29H57F6O3PS/c1-5-9-13-14-15-16-17-18-19-20-21-22-26-39(23-10-6-2,24-11-7-3,25-12-8-4)38-40(36,37)29(34,35)27(30)28(31,32)33/h27H,5-26H2,1-4H3/t27-/m0/s1. The van der Waals surface area contributed by atoms with Crippen LogP contribution in [0.5, 0.6) is 0 Å². The van der Waals surface area contributed by atoms with Gasteiger partial charge in [-0.15, -0.1) is 0 Å². The Morgan fingerprint density at radius 1 is 0.550 bits per heavy atom. The van der Waals surface area contributed by atoms with Crippen LogP contribution in [-0.2, 0) is 14.1 Å². The van der Waals surface area contributed by atoms with Crippen molar-refractivity contribution < 1.29 is 38.7 Å². The molecule has 0 saturated carbocycles. The summed E-state index contributed by atoms with van der Waals surface area (Å²) in [4.78, 5) is 0. The summed E-state index contributed by atoms with van der Waals surface area (Å²) in [5.74, 6) is 0. The predicted octanol–water partition coefficient (Wildman–Crippen LogP) is 11.4. The predicted molar refractivity (Wildman–Crippen MR) is 158 cm³/mol. The molecule has 0 fully saturated rings. The summed E-state index contributed by atoms with van der Waals surface area (Å²) in [7, 11) is -6.19. The van der Waals surface area contributed by atoms with E-state index >= 15 is 0 Å². The third kappa shape index (κ3) is 13.5. The fraction of sp³-hybridized carbons (Fsp3) is 1.00. The molecule has 0 spiro atoms. The fourth-order valence-corrected chi connectivity index (χ4v) is 15.4. The molecule has 3 nitrogen and oxygen atoms in total. The van der Waals surface area contributed by atoms with Gasteiger partial charge in [-0.2, -0.15) is 0 Å². The van der Waals surface area contributed by atoms with Crippen LogP contribution >= 0.6 is 6.83 Å². The normalized spacial score (nSPS) is 15.2. The van der Waals surface area contributed by atoms with E-state index in [2.05, 4.69) is 6.92 Å². The third-order valence-electron chi connectivity index (χ3n) is 8.03. The molecule has 0 unspecified atom stereocenters. The first-order valence-electron chi connectivity index (χ1n) is 15.7. The van der Waals surface area contributed by atoms with Gasteiger partial charge in [-0.1, -0.05) is 13.3 Å². The molecule has 0 heterocycles. The van der Waals surface area contributed by atoms with Crippen molar-refractivity contribution in [1.29, 1.82) is 0 Å². The molecule has 0 aromatic rings. The minimum atomic E-state index is -6.19. The van der Waals surface area contributed by atoms with Crippen molar-refractivity contribution in [2.75, 3.05) is 24.6 Å². The average Bonchev–Trinajstić information content (AvgIpc) is 2.89. The van der Waals surface area contributed by atoms with E-state index in [1.165, 1.54) is 38.5 Å². The van der Waals surface area contributed by atoms with Crippen LogP contribution in [0.2, 0.25) is 0 Å². The molecule has 1 atom stereocenters. The molecule has 0 aromatic carbocycles. The van der Waals surface area contributed by atoms with Crippen LogP contribution in [0.25, 0.3) is 0 Å². The summed E-state index contributed by atoms with van der Waals surface area (Å²) in [5.41, 5.74) is 0. The van der Waals surface area contributed by atoms with Crippen LogP contribution in [0, 0.1) is 0 Å². The van der Waals surface area contributed by atoms with E-state index in [0.29, 0.717) is 44.9 Å². The van der Waals surface area contributed by atoms with Gasteiger partial charge < -0.3 is 0 Å². The fourth-order valence-electron chi connectivity index (χ4n) is 5.49. The van der Waals surface area contributed by atoms with Crippen molar-refractivity contribution in [3.63, 3.8) is 0 Å². The molecule has 0 aliphatic heterocycles. The average molecular weight is 631 g/mol. The van der Waals surface area contributed by atoms with Crippen LogP contribution < -0.4 is 0 Å². The molecule has 11 heteroatoms. The number of halogens is 6. The Labute approximate surface area is 241 Å². The molecule has 244 valence electrons. The van der Waals surface area contributed by atoms with Gasteiger partial charge in [0.1, 0.15) is 0 Å². The number of rotatable bonds is 26. The van der Waals surface area contributed by atoms with Crippen molar-refractivity contribution in [2.45, 2.75) is 161 Å². The molecule has 0 bridgehead atoms. The van der Waals surface area contributed by atoms with E-state index in [9.17, 15) is 34.8 Å². The van der Waals surface area contributed by atoms with Gasteiger partial charge in [-0.05, 0) is 0 Å². The molecule has 0 N–H and O–H groups in total. The Balaban J connectivity index is 5.74. The SMILES string of the molecule is CCCCCCCCCCCCCCP(CCCC)(CCCC)(CCCC)OS(=O)(=O)C(F)(F)[C@@H](F)C(F)(F)F. The molecular formula is C29H57F6O3PS. The van der Waals surface area contributed by atoms with Crippen LogP contribution in [0.15, 0.2) is 0 Å². The maximum absolute atomic E-state index is 14.6. The quantitative estimate of drug-likeness (QED) is 0.0543. The van der Waals surface area contributed by atoms with Crippen molar-refractivity contribution in [3.8, 4) is 0 Å². The zero-order valence-corrected chi connectivity index (χ0v) is 27.2. The van der Waals surface area contributed by atoms with Gasteiger partial charge in [0.15, 0.2) is 0 Å². The second-order valence-electron chi connectivity index (χ2n) is 11.7. The van der Waals surface area contributed by atoms with Crippen molar-refractivity contribution in [3.05, 3.63) is 0 Å². The van der Waals surface area contributed by atoms with Gasteiger partial charge in [0.2, 0.25) is 0 Å². The summed E-state index contributed by atoms with van der Waals surface area (Å²) in [6.45, 7) is 3.89. The topological polar surface area (TPSA) is 43.4 Å². The monoisotopic (exact) mass is 630 g/mol. The molecule has 0 radical (unpaired) electrons. The van der Waals surface area contributed by atoms with Crippen molar-refractivity contribution in [1.82, 2.24) is 0 Å². The second kappa shape index (κ2) is 19.2. The van der Waals surface area contributed by atoms with Gasteiger partial charge in [-0.25, -0.2) is 0 Å². The summed E-state index contributed by atoms with van der Waals surface area (Å²) in [5, 5.41) is -5.71. The van der Waals surface area contributed by atoms with E-state index in [0.717, 1.165) is 32.1 Å². The molecule has 40 heavy (non-hydrogen) atoms. The van der Waals surface area contributed by atoms with Gasteiger partial charge in [0.25, 0.3) is 0 Å². The molecule has 0 amide bonds. The molecule has 0 aliphatic rings. The van der Waals surface area contributed by atoms with E-state index < -0.39 is 34.6 Å². The molecule has 0 rings (SSSR count). The summed E-state index contributed by atoms with van der Waals surface area (Å²) >= 11 is 0. The van der Waals surface area contributed by atoms with Crippen molar-refractivity contribution >= 4 is 16.9 Å². The number of unbranched alkanes of at least 4 members (excludes halogenated alkanes) is 14. The zero-order chi connectivity index (χ0) is 30.8. The Hall–Kier alpha value is -0.0800. The van der Waals surface area contributed by atoms with Crippen LogP contribution in [0.1, 0.15) is 143 Å². The number of alkyl halides is 6. The molecule has 0 aromatic heterocycles. The molecule has 0 saturated heterocycles. The van der Waals surface area contributed by atoms with E-state index in [4.69, 9.17) is 3.97 Å². The number of hydrogen-bond acceptors (Lipinski definition) is 3. The van der Waals surface area contributed by atoms with Crippen LogP contribution in [-0.4, -0.2) is 50.7 Å². The zero-order valence-electron chi connectivity index (χ0n) is 25.5. The van der Waals surface area contributed by atoms with Gasteiger partial charge in [0.05, 0.1) is 0 Å². The Morgan fingerprint density at radius 3 is 1.18 bits per heavy atom. The van der Waals surface area contributed by atoms with Gasteiger partial charge >= 0.3 is 228 Å². The van der Waals surface area contributed by atoms with Gasteiger partial charge in [-0.3, -0.25) is 0 Å².